The van der Waals surface area contributed by atoms with E-state index in [2.05, 4.69) is 0 Å². The van der Waals surface area contributed by atoms with Crippen molar-refractivity contribution < 1.29 is 9.53 Å². The van der Waals surface area contributed by atoms with Gasteiger partial charge in [-0.1, -0.05) is 62.4 Å². The van der Waals surface area contributed by atoms with Crippen molar-refractivity contribution in [2.75, 3.05) is 0 Å². The van der Waals surface area contributed by atoms with E-state index in [4.69, 9.17) is 27.9 Å². The molecular weight excluding hydrogens is 331 g/mol. The van der Waals surface area contributed by atoms with E-state index in [1.54, 1.807) is 0 Å². The molecule has 1 unspecified atom stereocenters. The molecule has 0 N–H and O–H groups in total. The van der Waals surface area contributed by atoms with Crippen molar-refractivity contribution in [1.82, 2.24) is 0 Å². The summed E-state index contributed by atoms with van der Waals surface area (Å²) < 4.78 is 4.37. The van der Waals surface area contributed by atoms with Gasteiger partial charge in [0.1, 0.15) is 10.9 Å². The lowest BCUT2D eigenvalue weighted by Crippen LogP contribution is -2.11. The number of esters is 1. The predicted octanol–water partition coefficient (Wildman–Crippen LogP) is 5.23. The zero-order valence-corrected chi connectivity index (χ0v) is 14.6. The summed E-state index contributed by atoms with van der Waals surface area (Å²) in [7, 11) is 0. The normalized spacial score (nSPS) is 20.8. The third kappa shape index (κ3) is 2.98. The van der Waals surface area contributed by atoms with Gasteiger partial charge in [0.2, 0.25) is 0 Å². The van der Waals surface area contributed by atoms with Crippen molar-refractivity contribution in [2.24, 2.45) is 11.3 Å². The standard InChI is InChI=1S/C19H18Cl2O2/c1-18(2)16(19(18,20)21)17(22)23-12-13-7-6-10-15(11-13)14-8-4-3-5-9-14/h3-11,16H,12H2,1-2H3. The molecule has 2 aromatic carbocycles. The first-order chi connectivity index (χ1) is 10.8. The van der Waals surface area contributed by atoms with Crippen LogP contribution in [0.2, 0.25) is 0 Å². The highest BCUT2D eigenvalue weighted by atomic mass is 35.5. The van der Waals surface area contributed by atoms with Crippen molar-refractivity contribution in [1.29, 1.82) is 0 Å². The van der Waals surface area contributed by atoms with Crippen LogP contribution >= 0.6 is 23.2 Å². The van der Waals surface area contributed by atoms with Gasteiger partial charge in [0, 0.05) is 5.41 Å². The molecule has 0 heterocycles. The first-order valence-corrected chi connectivity index (χ1v) is 8.28. The highest BCUT2D eigenvalue weighted by Gasteiger charge is 2.74. The monoisotopic (exact) mass is 348 g/mol. The fourth-order valence-electron chi connectivity index (χ4n) is 2.81. The van der Waals surface area contributed by atoms with Crippen LogP contribution in [0.15, 0.2) is 54.6 Å². The molecule has 2 aromatic rings. The average molecular weight is 349 g/mol. The highest BCUT2D eigenvalue weighted by molar-refractivity contribution is 6.53. The number of rotatable bonds is 4. The molecule has 4 heteroatoms. The Bertz CT molecular complexity index is 709. The average Bonchev–Trinajstić information content (AvgIpc) is 2.95. The second kappa shape index (κ2) is 5.85. The Morgan fingerprint density at radius 1 is 1.04 bits per heavy atom. The number of benzene rings is 2. The molecule has 1 saturated carbocycles. The molecule has 3 rings (SSSR count). The van der Waals surface area contributed by atoms with Gasteiger partial charge in [-0.05, 0) is 22.8 Å². The van der Waals surface area contributed by atoms with Gasteiger partial charge in [-0.2, -0.15) is 0 Å². The Morgan fingerprint density at radius 2 is 1.65 bits per heavy atom. The lowest BCUT2D eigenvalue weighted by molar-refractivity contribution is -0.147. The SMILES string of the molecule is CC1(C)C(C(=O)OCc2cccc(-c3ccccc3)c2)C1(Cl)Cl. The molecule has 0 aliphatic heterocycles. The Kier molecular flexibility index (Phi) is 4.16. The van der Waals surface area contributed by atoms with Crippen LogP contribution in [0.1, 0.15) is 19.4 Å². The van der Waals surface area contributed by atoms with Crippen molar-refractivity contribution in [3.63, 3.8) is 0 Å². The van der Waals surface area contributed by atoms with Crippen LogP contribution in [0.4, 0.5) is 0 Å². The molecule has 1 aliphatic rings. The smallest absolute Gasteiger partial charge is 0.313 e. The summed E-state index contributed by atoms with van der Waals surface area (Å²) in [5.74, 6) is -0.819. The molecule has 0 aromatic heterocycles. The summed E-state index contributed by atoms with van der Waals surface area (Å²) in [6.07, 6.45) is 0. The van der Waals surface area contributed by atoms with Crippen molar-refractivity contribution in [2.45, 2.75) is 24.8 Å². The van der Waals surface area contributed by atoms with E-state index in [1.807, 2.05) is 68.4 Å². The molecule has 23 heavy (non-hydrogen) atoms. The van der Waals surface area contributed by atoms with Crippen LogP contribution in [0.3, 0.4) is 0 Å². The summed E-state index contributed by atoms with van der Waals surface area (Å²) in [6, 6.07) is 18.0. The van der Waals surface area contributed by atoms with Gasteiger partial charge >= 0.3 is 5.97 Å². The molecule has 0 amide bonds. The van der Waals surface area contributed by atoms with Crippen LogP contribution in [0.25, 0.3) is 11.1 Å². The molecular formula is C19H18Cl2O2. The van der Waals surface area contributed by atoms with E-state index in [0.29, 0.717) is 0 Å². The summed E-state index contributed by atoms with van der Waals surface area (Å²) in [5, 5.41) is 0. The van der Waals surface area contributed by atoms with Crippen molar-refractivity contribution in [3.8, 4) is 11.1 Å². The van der Waals surface area contributed by atoms with Crippen molar-refractivity contribution >= 4 is 29.2 Å². The van der Waals surface area contributed by atoms with E-state index in [0.717, 1.165) is 16.7 Å². The Hall–Kier alpha value is -1.51. The van der Waals surface area contributed by atoms with Crippen molar-refractivity contribution in [3.05, 3.63) is 60.2 Å². The zero-order chi connectivity index (χ0) is 16.7. The second-order valence-corrected chi connectivity index (χ2v) is 7.84. The van der Waals surface area contributed by atoms with E-state index in [1.165, 1.54) is 0 Å². The number of carbonyl (C=O) groups excluding carboxylic acids is 1. The van der Waals surface area contributed by atoms with Crippen LogP contribution in [0.5, 0.6) is 0 Å². The lowest BCUT2D eigenvalue weighted by Gasteiger charge is -2.08. The summed E-state index contributed by atoms with van der Waals surface area (Å²) >= 11 is 12.3. The quantitative estimate of drug-likeness (QED) is 0.558. The second-order valence-electron chi connectivity index (χ2n) is 6.45. The minimum atomic E-state index is -1.03. The van der Waals surface area contributed by atoms with Gasteiger partial charge in [-0.25, -0.2) is 0 Å². The number of hydrogen-bond acceptors (Lipinski definition) is 2. The van der Waals surface area contributed by atoms with E-state index in [9.17, 15) is 4.79 Å². The molecule has 2 nitrogen and oxygen atoms in total. The molecule has 120 valence electrons. The van der Waals surface area contributed by atoms with Crippen LogP contribution in [0, 0.1) is 11.3 Å². The summed E-state index contributed by atoms with van der Waals surface area (Å²) in [5.41, 5.74) is 2.71. The summed E-state index contributed by atoms with van der Waals surface area (Å²) in [6.45, 7) is 3.96. The largest absolute Gasteiger partial charge is 0.461 e. The third-order valence-electron chi connectivity index (χ3n) is 4.51. The highest BCUT2D eigenvalue weighted by Crippen LogP contribution is 2.69. The van der Waals surface area contributed by atoms with Gasteiger partial charge in [-0.3, -0.25) is 4.79 Å². The zero-order valence-electron chi connectivity index (χ0n) is 13.1. The fourth-order valence-corrected chi connectivity index (χ4v) is 3.64. The number of hydrogen-bond donors (Lipinski definition) is 0. The van der Waals surface area contributed by atoms with Gasteiger partial charge in [0.25, 0.3) is 0 Å². The molecule has 0 spiro atoms. The fraction of sp³-hybridized carbons (Fsp3) is 0.316. The van der Waals surface area contributed by atoms with Crippen LogP contribution < -0.4 is 0 Å². The van der Waals surface area contributed by atoms with E-state index >= 15 is 0 Å². The maximum absolute atomic E-state index is 12.2. The predicted molar refractivity (Wildman–Crippen MR) is 93.4 cm³/mol. The molecule has 0 radical (unpaired) electrons. The van der Waals surface area contributed by atoms with Gasteiger partial charge in [0.05, 0.1) is 5.92 Å². The number of ether oxygens (including phenoxy) is 1. The number of carbonyl (C=O) groups is 1. The van der Waals surface area contributed by atoms with Crippen LogP contribution in [-0.2, 0) is 16.1 Å². The Balaban J connectivity index is 1.67. The minimum absolute atomic E-state index is 0.218. The van der Waals surface area contributed by atoms with E-state index < -0.39 is 15.7 Å². The molecule has 1 fully saturated rings. The minimum Gasteiger partial charge on any atom is -0.461 e. The Morgan fingerprint density at radius 3 is 2.26 bits per heavy atom. The lowest BCUT2D eigenvalue weighted by atomic mass is 10.0. The topological polar surface area (TPSA) is 26.3 Å². The third-order valence-corrected chi connectivity index (χ3v) is 5.92. The van der Waals surface area contributed by atoms with E-state index in [-0.39, 0.29) is 12.6 Å². The number of halogens is 2. The molecule has 0 saturated heterocycles. The molecule has 0 bridgehead atoms. The Labute approximate surface area is 146 Å². The molecule has 1 atom stereocenters. The maximum Gasteiger partial charge on any atom is 0.313 e. The van der Waals surface area contributed by atoms with Gasteiger partial charge in [-0.15, -0.1) is 23.2 Å². The van der Waals surface area contributed by atoms with Gasteiger partial charge < -0.3 is 4.74 Å². The van der Waals surface area contributed by atoms with Crippen LogP contribution in [-0.4, -0.2) is 10.3 Å². The first-order valence-electron chi connectivity index (χ1n) is 7.53. The summed E-state index contributed by atoms with van der Waals surface area (Å²) in [4.78, 5) is 12.2. The molecule has 1 aliphatic carbocycles. The maximum atomic E-state index is 12.2. The first kappa shape index (κ1) is 16.4. The van der Waals surface area contributed by atoms with Gasteiger partial charge in [0.15, 0.2) is 0 Å². The number of alkyl halides is 2.